The molecule has 6 nitrogen and oxygen atoms in total. The smallest absolute Gasteiger partial charge is 0.284 e. The predicted molar refractivity (Wildman–Crippen MR) is 70.7 cm³/mol. The van der Waals surface area contributed by atoms with Gasteiger partial charge in [-0.05, 0) is 11.6 Å². The fourth-order valence-corrected chi connectivity index (χ4v) is 2.40. The van der Waals surface area contributed by atoms with E-state index in [0.717, 1.165) is 18.2 Å². The Hall–Kier alpha value is -1.99. The number of rotatable bonds is 1. The Morgan fingerprint density at radius 2 is 2.15 bits per heavy atom. The summed E-state index contributed by atoms with van der Waals surface area (Å²) in [4.78, 5) is 19.9. The van der Waals surface area contributed by atoms with E-state index in [1.807, 2.05) is 0 Å². The molecular formula is C12H10ClFN4O2. The fourth-order valence-electron chi connectivity index (χ4n) is 2.18. The highest BCUT2D eigenvalue weighted by atomic mass is 35.5. The maximum absolute atomic E-state index is 13.0. The average Bonchev–Trinajstić information content (AvgIpc) is 2.87. The van der Waals surface area contributed by atoms with Crippen LogP contribution in [0.5, 0.6) is 0 Å². The number of fused-ring (bicyclic) bond motifs is 3. The Morgan fingerprint density at radius 3 is 2.85 bits per heavy atom. The van der Waals surface area contributed by atoms with Crippen molar-refractivity contribution >= 4 is 34.4 Å². The first-order chi connectivity index (χ1) is 9.49. The molecule has 0 saturated carbocycles. The molecule has 3 heterocycles. The number of amides is 1. The largest absolute Gasteiger partial charge is 0.383 e. The van der Waals surface area contributed by atoms with Crippen LogP contribution >= 0.6 is 11.6 Å². The highest BCUT2D eigenvalue weighted by Gasteiger charge is 2.23. The number of aromatic nitrogens is 2. The Morgan fingerprint density at radius 1 is 1.45 bits per heavy atom. The monoisotopic (exact) mass is 296 g/mol. The molecular weight excluding hydrogens is 287 g/mol. The summed E-state index contributed by atoms with van der Waals surface area (Å²) in [6.07, 6.45) is 0. The van der Waals surface area contributed by atoms with Crippen LogP contribution in [0.4, 0.5) is 10.3 Å². The summed E-state index contributed by atoms with van der Waals surface area (Å²) >= 11 is 5.91. The number of carbonyl (C=O) groups excluding carboxylic acids is 1. The zero-order chi connectivity index (χ0) is 14.4. The molecule has 0 fully saturated rings. The van der Waals surface area contributed by atoms with Crippen LogP contribution < -0.4 is 5.73 Å². The van der Waals surface area contributed by atoms with E-state index >= 15 is 0 Å². The first-order valence-electron chi connectivity index (χ1n) is 5.78. The molecule has 0 bridgehead atoms. The van der Waals surface area contributed by atoms with Gasteiger partial charge >= 0.3 is 0 Å². The van der Waals surface area contributed by atoms with Crippen LogP contribution in [0.25, 0.3) is 11.0 Å². The van der Waals surface area contributed by atoms with Crippen LogP contribution in [0.1, 0.15) is 21.5 Å². The van der Waals surface area contributed by atoms with Crippen LogP contribution in [-0.2, 0) is 18.0 Å². The fraction of sp³-hybridized carbons (Fsp3) is 0.250. The number of carbonyl (C=O) groups is 1. The van der Waals surface area contributed by atoms with Crippen LogP contribution in [0.3, 0.4) is 0 Å². The van der Waals surface area contributed by atoms with Crippen LogP contribution in [0.15, 0.2) is 6.07 Å². The molecule has 0 aliphatic carbocycles. The highest BCUT2D eigenvalue weighted by Crippen LogP contribution is 2.32. The Balaban J connectivity index is 2.29. The first kappa shape index (κ1) is 13.0. The number of hydrogen-bond donors (Lipinski definition) is 1. The quantitative estimate of drug-likeness (QED) is 0.641. The van der Waals surface area contributed by atoms with Gasteiger partial charge in [0.25, 0.3) is 5.91 Å². The average molecular weight is 297 g/mol. The number of ether oxygens (including phenoxy) is 1. The SMILES string of the molecule is CN(F)C(=O)c1cc2c3c(c(N)nc2nc1Cl)COC3. The number of nitrogens with two attached hydrogens (primary N) is 1. The van der Waals surface area contributed by atoms with Gasteiger partial charge in [0.15, 0.2) is 5.65 Å². The number of halogens is 2. The van der Waals surface area contributed by atoms with Crippen molar-refractivity contribution in [1.29, 1.82) is 0 Å². The lowest BCUT2D eigenvalue weighted by Gasteiger charge is -2.10. The van der Waals surface area contributed by atoms with E-state index < -0.39 is 5.91 Å². The van der Waals surface area contributed by atoms with E-state index in [1.54, 1.807) is 0 Å². The second kappa shape index (κ2) is 4.53. The van der Waals surface area contributed by atoms with E-state index in [0.29, 0.717) is 30.1 Å². The summed E-state index contributed by atoms with van der Waals surface area (Å²) in [6, 6.07) is 1.48. The van der Waals surface area contributed by atoms with E-state index in [9.17, 15) is 9.28 Å². The molecule has 104 valence electrons. The van der Waals surface area contributed by atoms with Crippen molar-refractivity contribution in [3.05, 3.63) is 27.9 Å². The molecule has 1 aliphatic rings. The van der Waals surface area contributed by atoms with Gasteiger partial charge in [0.1, 0.15) is 11.0 Å². The molecule has 1 amide bonds. The molecule has 0 spiro atoms. The van der Waals surface area contributed by atoms with Crippen molar-refractivity contribution in [3.8, 4) is 0 Å². The van der Waals surface area contributed by atoms with E-state index in [2.05, 4.69) is 9.97 Å². The molecule has 0 atom stereocenters. The van der Waals surface area contributed by atoms with Gasteiger partial charge in [-0.2, -0.15) is 5.12 Å². The number of nitrogen functional groups attached to an aromatic ring is 1. The summed E-state index contributed by atoms with van der Waals surface area (Å²) in [5.41, 5.74) is 7.70. The molecule has 0 saturated heterocycles. The minimum Gasteiger partial charge on any atom is -0.383 e. The number of pyridine rings is 2. The van der Waals surface area contributed by atoms with E-state index in [1.165, 1.54) is 6.07 Å². The zero-order valence-electron chi connectivity index (χ0n) is 10.5. The lowest BCUT2D eigenvalue weighted by atomic mass is 10.1. The molecule has 1 aliphatic heterocycles. The lowest BCUT2D eigenvalue weighted by molar-refractivity contribution is 0.0343. The van der Waals surface area contributed by atoms with Gasteiger partial charge in [0.2, 0.25) is 0 Å². The van der Waals surface area contributed by atoms with Gasteiger partial charge in [0, 0.05) is 18.0 Å². The standard InChI is InChI=1S/C12H10ClFN4O2/c1-18(14)12(19)6-2-5-7-3-20-4-8(7)10(15)17-11(5)16-9(6)13/h2H,3-4H2,1H3,(H2,15,16,17). The summed E-state index contributed by atoms with van der Waals surface area (Å²) in [5.74, 6) is -0.538. The number of hydrogen-bond acceptors (Lipinski definition) is 5. The number of nitrogens with zero attached hydrogens (tertiary/aromatic N) is 3. The molecule has 0 radical (unpaired) electrons. The van der Waals surface area contributed by atoms with Gasteiger partial charge < -0.3 is 10.5 Å². The van der Waals surface area contributed by atoms with Crippen molar-refractivity contribution in [2.24, 2.45) is 0 Å². The molecule has 2 aromatic heterocycles. The van der Waals surface area contributed by atoms with Crippen molar-refractivity contribution in [2.45, 2.75) is 13.2 Å². The molecule has 2 aromatic rings. The van der Waals surface area contributed by atoms with Crippen molar-refractivity contribution < 1.29 is 14.0 Å². The summed E-state index contributed by atoms with van der Waals surface area (Å²) < 4.78 is 18.4. The van der Waals surface area contributed by atoms with Crippen LogP contribution in [-0.4, -0.2) is 28.0 Å². The predicted octanol–water partition coefficient (Wildman–Crippen LogP) is 1.85. The minimum absolute atomic E-state index is 0.0233. The molecule has 2 N–H and O–H groups in total. The Labute approximate surface area is 118 Å². The van der Waals surface area contributed by atoms with E-state index in [-0.39, 0.29) is 15.8 Å². The first-order valence-corrected chi connectivity index (χ1v) is 6.16. The molecule has 3 rings (SSSR count). The second-order valence-electron chi connectivity index (χ2n) is 4.43. The Bertz CT molecular complexity index is 735. The molecule has 0 unspecified atom stereocenters. The van der Waals surface area contributed by atoms with E-state index in [4.69, 9.17) is 22.1 Å². The maximum Gasteiger partial charge on any atom is 0.284 e. The molecule has 0 aromatic carbocycles. The molecule has 8 heteroatoms. The number of anilines is 1. The third kappa shape index (κ3) is 1.86. The van der Waals surface area contributed by atoms with Gasteiger partial charge in [-0.3, -0.25) is 4.79 Å². The summed E-state index contributed by atoms with van der Waals surface area (Å²) in [6.45, 7) is 0.708. The Kier molecular flexibility index (Phi) is 2.95. The van der Waals surface area contributed by atoms with Gasteiger partial charge in [-0.1, -0.05) is 16.1 Å². The minimum atomic E-state index is -0.867. The summed E-state index contributed by atoms with van der Waals surface area (Å²) in [5, 5.41) is 0.440. The van der Waals surface area contributed by atoms with Crippen LogP contribution in [0, 0.1) is 0 Å². The van der Waals surface area contributed by atoms with Gasteiger partial charge in [0.05, 0.1) is 18.8 Å². The van der Waals surface area contributed by atoms with Crippen molar-refractivity contribution in [2.75, 3.05) is 12.8 Å². The van der Waals surface area contributed by atoms with Crippen molar-refractivity contribution in [1.82, 2.24) is 15.1 Å². The highest BCUT2D eigenvalue weighted by molar-refractivity contribution is 6.33. The topological polar surface area (TPSA) is 81.3 Å². The normalized spacial score (nSPS) is 13.6. The molecule has 20 heavy (non-hydrogen) atoms. The van der Waals surface area contributed by atoms with Gasteiger partial charge in [-0.25, -0.2) is 9.97 Å². The lowest BCUT2D eigenvalue weighted by Crippen LogP contribution is -2.18. The maximum atomic E-state index is 13.0. The zero-order valence-corrected chi connectivity index (χ0v) is 11.2. The second-order valence-corrected chi connectivity index (χ2v) is 4.79. The third-order valence-electron chi connectivity index (χ3n) is 3.18. The third-order valence-corrected chi connectivity index (χ3v) is 3.47. The van der Waals surface area contributed by atoms with Gasteiger partial charge in [-0.15, -0.1) is 0 Å². The summed E-state index contributed by atoms with van der Waals surface area (Å²) in [7, 11) is 0.998. The van der Waals surface area contributed by atoms with Crippen LogP contribution in [0.2, 0.25) is 5.15 Å². The van der Waals surface area contributed by atoms with Crippen molar-refractivity contribution in [3.63, 3.8) is 0 Å².